The predicted molar refractivity (Wildman–Crippen MR) is 95.0 cm³/mol. The number of nitrogens with one attached hydrogen (secondary N) is 1. The van der Waals surface area contributed by atoms with Crippen LogP contribution in [0.2, 0.25) is 0 Å². The first-order chi connectivity index (χ1) is 11.8. The second kappa shape index (κ2) is 6.99. The van der Waals surface area contributed by atoms with Crippen LogP contribution in [0.15, 0.2) is 18.3 Å². The van der Waals surface area contributed by atoms with Gasteiger partial charge in [-0.2, -0.15) is 0 Å². The van der Waals surface area contributed by atoms with Gasteiger partial charge in [-0.3, -0.25) is 0 Å². The average Bonchev–Trinajstić information content (AvgIpc) is 3.06. The number of carbonyl (C=O) groups is 1. The molecule has 1 aromatic rings. The van der Waals surface area contributed by atoms with Crippen molar-refractivity contribution in [1.82, 2.24) is 15.2 Å². The third-order valence-corrected chi connectivity index (χ3v) is 5.58. The van der Waals surface area contributed by atoms with Gasteiger partial charge in [0, 0.05) is 37.9 Å². The number of amides is 2. The summed E-state index contributed by atoms with van der Waals surface area (Å²) in [6.45, 7) is 2.80. The van der Waals surface area contributed by atoms with Crippen molar-refractivity contribution < 1.29 is 4.79 Å². The van der Waals surface area contributed by atoms with Crippen molar-refractivity contribution in [3.8, 4) is 0 Å². The van der Waals surface area contributed by atoms with Crippen molar-refractivity contribution in [3.63, 3.8) is 0 Å². The van der Waals surface area contributed by atoms with Gasteiger partial charge >= 0.3 is 6.03 Å². The van der Waals surface area contributed by atoms with Gasteiger partial charge in [-0.05, 0) is 50.2 Å². The number of anilines is 1. The van der Waals surface area contributed by atoms with Gasteiger partial charge in [-0.25, -0.2) is 9.78 Å². The van der Waals surface area contributed by atoms with Crippen LogP contribution >= 0.6 is 0 Å². The standard InChI is InChI=1S/C19H28N4O/c24-19(23(17-8-9-17)16-5-1-2-6-16)21-14-15-7-10-18(20-13-15)22-11-3-4-12-22/h7,10,13,16-17H,1-6,8-9,11-12,14H2,(H,21,24). The summed E-state index contributed by atoms with van der Waals surface area (Å²) >= 11 is 0. The normalized spacial score (nSPS) is 21.2. The number of urea groups is 1. The molecule has 130 valence electrons. The average molecular weight is 328 g/mol. The summed E-state index contributed by atoms with van der Waals surface area (Å²) in [7, 11) is 0. The number of pyridine rings is 1. The summed E-state index contributed by atoms with van der Waals surface area (Å²) in [5.41, 5.74) is 1.08. The maximum absolute atomic E-state index is 12.6. The Morgan fingerprint density at radius 2 is 1.79 bits per heavy atom. The smallest absolute Gasteiger partial charge is 0.318 e. The molecule has 2 aliphatic carbocycles. The first-order valence-corrected chi connectivity index (χ1v) is 9.57. The molecule has 1 saturated heterocycles. The minimum absolute atomic E-state index is 0.119. The topological polar surface area (TPSA) is 48.5 Å². The maximum atomic E-state index is 12.6. The number of nitrogens with zero attached hydrogens (tertiary/aromatic N) is 3. The number of rotatable bonds is 5. The molecular formula is C19H28N4O. The van der Waals surface area contributed by atoms with E-state index < -0.39 is 0 Å². The summed E-state index contributed by atoms with van der Waals surface area (Å²) < 4.78 is 0. The third kappa shape index (κ3) is 3.50. The van der Waals surface area contributed by atoms with E-state index in [1.807, 2.05) is 6.20 Å². The number of hydrogen-bond donors (Lipinski definition) is 1. The molecule has 0 radical (unpaired) electrons. The lowest BCUT2D eigenvalue weighted by molar-refractivity contribution is 0.170. The van der Waals surface area contributed by atoms with Gasteiger partial charge in [0.2, 0.25) is 0 Å². The third-order valence-electron chi connectivity index (χ3n) is 5.58. The first-order valence-electron chi connectivity index (χ1n) is 9.57. The molecule has 2 amide bonds. The maximum Gasteiger partial charge on any atom is 0.318 e. The van der Waals surface area contributed by atoms with Crippen molar-refractivity contribution in [2.45, 2.75) is 70.0 Å². The summed E-state index contributed by atoms with van der Waals surface area (Å²) in [5.74, 6) is 1.06. The molecule has 0 spiro atoms. The molecule has 0 aromatic carbocycles. The van der Waals surface area contributed by atoms with Gasteiger partial charge in [0.05, 0.1) is 0 Å². The number of carbonyl (C=O) groups excluding carboxylic acids is 1. The summed E-state index contributed by atoms with van der Waals surface area (Å²) in [6, 6.07) is 5.25. The van der Waals surface area contributed by atoms with E-state index in [0.29, 0.717) is 18.6 Å². The lowest BCUT2D eigenvalue weighted by Crippen LogP contribution is -2.46. The van der Waals surface area contributed by atoms with Crippen LogP contribution in [0.1, 0.15) is 56.9 Å². The van der Waals surface area contributed by atoms with Gasteiger partial charge < -0.3 is 15.1 Å². The van der Waals surface area contributed by atoms with E-state index in [2.05, 4.69) is 32.2 Å². The molecule has 2 saturated carbocycles. The fraction of sp³-hybridized carbons (Fsp3) is 0.684. The second-order valence-electron chi connectivity index (χ2n) is 7.45. The Labute approximate surface area is 144 Å². The Bertz CT molecular complexity index is 557. The lowest BCUT2D eigenvalue weighted by Gasteiger charge is -2.29. The van der Waals surface area contributed by atoms with Crippen molar-refractivity contribution in [2.75, 3.05) is 18.0 Å². The first kappa shape index (κ1) is 15.7. The van der Waals surface area contributed by atoms with Gasteiger partial charge in [-0.15, -0.1) is 0 Å². The molecule has 0 unspecified atom stereocenters. The zero-order valence-electron chi connectivity index (χ0n) is 14.4. The number of aromatic nitrogens is 1. The molecule has 24 heavy (non-hydrogen) atoms. The Balaban J connectivity index is 1.32. The van der Waals surface area contributed by atoms with Crippen LogP contribution in [0.5, 0.6) is 0 Å². The SMILES string of the molecule is O=C(NCc1ccc(N2CCCC2)nc1)N(C1CCCC1)C1CC1. The minimum atomic E-state index is 0.119. The molecule has 5 heteroatoms. The van der Waals surface area contributed by atoms with Crippen LogP contribution in [0.25, 0.3) is 0 Å². The van der Waals surface area contributed by atoms with Gasteiger partial charge in [0.25, 0.3) is 0 Å². The summed E-state index contributed by atoms with van der Waals surface area (Å²) in [6.07, 6.45) is 11.7. The summed E-state index contributed by atoms with van der Waals surface area (Å²) in [5, 5.41) is 3.12. The fourth-order valence-corrected chi connectivity index (χ4v) is 4.09. The van der Waals surface area contributed by atoms with Gasteiger partial charge in [0.15, 0.2) is 0 Å². The zero-order chi connectivity index (χ0) is 16.4. The van der Waals surface area contributed by atoms with Crippen LogP contribution in [0.4, 0.5) is 10.6 Å². The van der Waals surface area contributed by atoms with Crippen LogP contribution in [0.3, 0.4) is 0 Å². The molecular weight excluding hydrogens is 300 g/mol. The van der Waals surface area contributed by atoms with E-state index in [0.717, 1.165) is 24.5 Å². The van der Waals surface area contributed by atoms with E-state index in [1.54, 1.807) is 0 Å². The Morgan fingerprint density at radius 1 is 1.08 bits per heavy atom. The van der Waals surface area contributed by atoms with E-state index in [4.69, 9.17) is 0 Å². The molecule has 1 aromatic heterocycles. The highest BCUT2D eigenvalue weighted by Crippen LogP contribution is 2.34. The molecule has 2 heterocycles. The lowest BCUT2D eigenvalue weighted by atomic mass is 10.2. The summed E-state index contributed by atoms with van der Waals surface area (Å²) in [4.78, 5) is 21.7. The molecule has 4 rings (SSSR count). The van der Waals surface area contributed by atoms with Crippen LogP contribution in [0, 0.1) is 0 Å². The monoisotopic (exact) mass is 328 g/mol. The molecule has 3 aliphatic rings. The van der Waals surface area contributed by atoms with Crippen molar-refractivity contribution >= 4 is 11.8 Å². The van der Waals surface area contributed by atoms with Crippen LogP contribution < -0.4 is 10.2 Å². The highest BCUT2D eigenvalue weighted by molar-refractivity contribution is 5.75. The highest BCUT2D eigenvalue weighted by Gasteiger charge is 2.38. The van der Waals surface area contributed by atoms with E-state index in [-0.39, 0.29) is 6.03 Å². The van der Waals surface area contributed by atoms with Crippen LogP contribution in [-0.4, -0.2) is 41.1 Å². The highest BCUT2D eigenvalue weighted by atomic mass is 16.2. The molecule has 1 N–H and O–H groups in total. The van der Waals surface area contributed by atoms with Crippen LogP contribution in [-0.2, 0) is 6.54 Å². The molecule has 0 atom stereocenters. The molecule has 3 fully saturated rings. The van der Waals surface area contributed by atoms with E-state index >= 15 is 0 Å². The second-order valence-corrected chi connectivity index (χ2v) is 7.45. The van der Waals surface area contributed by atoms with Crippen molar-refractivity contribution in [3.05, 3.63) is 23.9 Å². The quantitative estimate of drug-likeness (QED) is 0.902. The Hall–Kier alpha value is -1.78. The van der Waals surface area contributed by atoms with Gasteiger partial charge in [0.1, 0.15) is 5.82 Å². The Kier molecular flexibility index (Phi) is 4.58. The largest absolute Gasteiger partial charge is 0.357 e. The number of hydrogen-bond acceptors (Lipinski definition) is 3. The Morgan fingerprint density at radius 3 is 2.42 bits per heavy atom. The zero-order valence-corrected chi connectivity index (χ0v) is 14.4. The fourth-order valence-electron chi connectivity index (χ4n) is 4.09. The van der Waals surface area contributed by atoms with Gasteiger partial charge in [-0.1, -0.05) is 18.9 Å². The van der Waals surface area contributed by atoms with Crippen molar-refractivity contribution in [1.29, 1.82) is 0 Å². The van der Waals surface area contributed by atoms with Crippen molar-refractivity contribution in [2.24, 2.45) is 0 Å². The molecule has 1 aliphatic heterocycles. The molecule has 0 bridgehead atoms. The molecule has 5 nitrogen and oxygen atoms in total. The van der Waals surface area contributed by atoms with E-state index in [9.17, 15) is 4.79 Å². The predicted octanol–water partition coefficient (Wildman–Crippen LogP) is 3.30. The van der Waals surface area contributed by atoms with E-state index in [1.165, 1.54) is 51.4 Å². The minimum Gasteiger partial charge on any atom is -0.357 e.